The molecule has 0 N–H and O–H groups in total. The molecule has 0 aliphatic heterocycles. The van der Waals surface area contributed by atoms with Crippen LogP contribution in [-0.4, -0.2) is 0 Å². The predicted octanol–water partition coefficient (Wildman–Crippen LogP) is 4.69. The third-order valence-corrected chi connectivity index (χ3v) is 5.88. The first-order valence-electron chi connectivity index (χ1n) is 11.7. The van der Waals surface area contributed by atoms with E-state index in [9.17, 15) is 0 Å². The minimum absolute atomic E-state index is 0. The molecule has 2 rings (SSSR count). The lowest BCUT2D eigenvalue weighted by Gasteiger charge is -2.04. The van der Waals surface area contributed by atoms with Crippen molar-refractivity contribution in [2.75, 3.05) is 0 Å². The van der Waals surface area contributed by atoms with Crippen molar-refractivity contribution in [1.29, 1.82) is 0 Å². The van der Waals surface area contributed by atoms with Crippen molar-refractivity contribution in [3.05, 3.63) is 42.1 Å². The molecule has 0 amide bonds. The van der Waals surface area contributed by atoms with Gasteiger partial charge in [-0.15, -0.1) is 0 Å². The third kappa shape index (κ3) is 9.92. The second kappa shape index (κ2) is 15.8. The van der Waals surface area contributed by atoms with Crippen molar-refractivity contribution >= 4 is 10.9 Å². The number of benzene rings is 1. The summed E-state index contributed by atoms with van der Waals surface area (Å²) >= 11 is 0. The van der Waals surface area contributed by atoms with Crippen molar-refractivity contribution < 1.29 is 17.0 Å². The highest BCUT2D eigenvalue weighted by Gasteiger charge is 2.04. The summed E-state index contributed by atoms with van der Waals surface area (Å²) in [6.07, 6.45) is 23.4. The molecule has 1 heterocycles. The van der Waals surface area contributed by atoms with Crippen molar-refractivity contribution in [3.63, 3.8) is 0 Å². The van der Waals surface area contributed by atoms with E-state index in [2.05, 4.69) is 55.1 Å². The molecule has 2 aromatic rings. The molecule has 0 bridgehead atoms. The summed E-state index contributed by atoms with van der Waals surface area (Å²) < 4.78 is 2.20. The molecule has 1 aromatic heterocycles. The Morgan fingerprint density at radius 1 is 0.679 bits per heavy atom. The summed E-state index contributed by atoms with van der Waals surface area (Å²) in [5.41, 5.74) is 2.81. The molecule has 0 aliphatic rings. The Bertz CT molecular complexity index is 637. The quantitative estimate of drug-likeness (QED) is 0.300. The van der Waals surface area contributed by atoms with Gasteiger partial charge in [0.2, 0.25) is 5.52 Å². The van der Waals surface area contributed by atoms with Crippen molar-refractivity contribution in [1.82, 2.24) is 0 Å². The zero-order valence-electron chi connectivity index (χ0n) is 18.4. The number of nitrogens with zero attached hydrogens (tertiary/aromatic N) is 1. The first-order chi connectivity index (χ1) is 13.3. The fourth-order valence-electron chi connectivity index (χ4n) is 4.09. The van der Waals surface area contributed by atoms with Gasteiger partial charge in [-0.05, 0) is 30.5 Å². The molecule has 0 unspecified atom stereocenters. The van der Waals surface area contributed by atoms with E-state index >= 15 is 0 Å². The lowest BCUT2D eigenvalue weighted by atomic mass is 10.0. The van der Waals surface area contributed by atoms with Gasteiger partial charge in [-0.1, -0.05) is 96.5 Å². The van der Waals surface area contributed by atoms with E-state index in [0.717, 1.165) is 0 Å². The maximum Gasteiger partial charge on any atom is 0.212 e. The van der Waals surface area contributed by atoms with Crippen molar-refractivity contribution in [2.45, 2.75) is 103 Å². The highest BCUT2D eigenvalue weighted by molar-refractivity contribution is 5.76. The number of halogens is 1. The maximum absolute atomic E-state index is 2.37. The van der Waals surface area contributed by atoms with Crippen LogP contribution in [0.4, 0.5) is 0 Å². The summed E-state index contributed by atoms with van der Waals surface area (Å²) in [6, 6.07) is 11.3. The number of aryl methyl sites for hydroxylation is 2. The van der Waals surface area contributed by atoms with E-state index in [-0.39, 0.29) is 12.4 Å². The van der Waals surface area contributed by atoms with Gasteiger partial charge in [-0.2, -0.15) is 0 Å². The van der Waals surface area contributed by atoms with Crippen LogP contribution in [0.5, 0.6) is 0 Å². The minimum atomic E-state index is 0. The third-order valence-electron chi connectivity index (χ3n) is 5.88. The number of unbranched alkanes of at least 4 members (excludes halogenated alkanes) is 13. The second-order valence-corrected chi connectivity index (χ2v) is 8.36. The zero-order valence-corrected chi connectivity index (χ0v) is 19.2. The van der Waals surface area contributed by atoms with Crippen LogP contribution in [0.1, 0.15) is 102 Å². The Kier molecular flexibility index (Phi) is 14.1. The predicted molar refractivity (Wildman–Crippen MR) is 119 cm³/mol. The molecule has 0 spiro atoms. The van der Waals surface area contributed by atoms with Gasteiger partial charge in [-0.25, -0.2) is 4.57 Å². The summed E-state index contributed by atoms with van der Waals surface area (Å²) in [7, 11) is 2.12. The van der Waals surface area contributed by atoms with E-state index in [1.54, 1.807) is 0 Å². The molecular weight excluding hydrogens is 362 g/mol. The van der Waals surface area contributed by atoms with Crippen LogP contribution in [0.25, 0.3) is 10.9 Å². The van der Waals surface area contributed by atoms with Gasteiger partial charge in [0, 0.05) is 17.5 Å². The average molecular weight is 404 g/mol. The Labute approximate surface area is 180 Å². The number of pyridine rings is 1. The summed E-state index contributed by atoms with van der Waals surface area (Å²) in [5.74, 6) is 0. The first kappa shape index (κ1) is 25.0. The van der Waals surface area contributed by atoms with Gasteiger partial charge in [-0.3, -0.25) is 0 Å². The van der Waals surface area contributed by atoms with Crippen LogP contribution in [0.15, 0.2) is 36.5 Å². The Morgan fingerprint density at radius 3 is 1.79 bits per heavy atom. The van der Waals surface area contributed by atoms with Gasteiger partial charge in [0.25, 0.3) is 0 Å². The van der Waals surface area contributed by atoms with Crippen LogP contribution < -0.4 is 17.0 Å². The van der Waals surface area contributed by atoms with E-state index in [1.165, 1.54) is 113 Å². The molecule has 28 heavy (non-hydrogen) atoms. The van der Waals surface area contributed by atoms with Crippen LogP contribution in [0.2, 0.25) is 0 Å². The standard InChI is InChI=1S/C26H42N.ClH/c1-3-4-5-6-7-8-9-10-11-12-13-14-15-16-18-24-20-21-26-25(23-24)19-17-22-27(26)2;/h17,19-23H,3-16,18H2,1-2H3;1H/q+1;/p-1. The lowest BCUT2D eigenvalue weighted by Crippen LogP contribution is -3.00. The molecular formula is C26H42ClN. The Balaban J connectivity index is 0.00000392. The number of fused-ring (bicyclic) bond motifs is 1. The van der Waals surface area contributed by atoms with E-state index in [4.69, 9.17) is 0 Å². The molecule has 1 aromatic carbocycles. The fourth-order valence-corrected chi connectivity index (χ4v) is 4.09. The van der Waals surface area contributed by atoms with Gasteiger partial charge >= 0.3 is 0 Å². The molecule has 158 valence electrons. The monoisotopic (exact) mass is 403 g/mol. The van der Waals surface area contributed by atoms with Gasteiger partial charge in [0.05, 0.1) is 0 Å². The van der Waals surface area contributed by atoms with Crippen LogP contribution in [0.3, 0.4) is 0 Å². The Hall–Kier alpha value is -1.08. The summed E-state index contributed by atoms with van der Waals surface area (Å²) in [4.78, 5) is 0. The molecule has 0 saturated carbocycles. The molecule has 0 radical (unpaired) electrons. The summed E-state index contributed by atoms with van der Waals surface area (Å²) in [5, 5.41) is 1.36. The van der Waals surface area contributed by atoms with Crippen molar-refractivity contribution in [2.24, 2.45) is 7.05 Å². The van der Waals surface area contributed by atoms with Crippen LogP contribution >= 0.6 is 0 Å². The molecule has 2 heteroatoms. The fraction of sp³-hybridized carbons (Fsp3) is 0.654. The molecule has 0 saturated heterocycles. The van der Waals surface area contributed by atoms with Crippen LogP contribution in [0, 0.1) is 0 Å². The SMILES string of the molecule is CCCCCCCCCCCCCCCCc1ccc2c(ccc[n+]2C)c1.[Cl-]. The summed E-state index contributed by atoms with van der Waals surface area (Å²) in [6.45, 7) is 2.30. The van der Waals surface area contributed by atoms with Gasteiger partial charge in [0.1, 0.15) is 7.05 Å². The van der Waals surface area contributed by atoms with Crippen LogP contribution in [-0.2, 0) is 13.5 Å². The first-order valence-corrected chi connectivity index (χ1v) is 11.7. The van der Waals surface area contributed by atoms with Gasteiger partial charge in [0.15, 0.2) is 6.20 Å². The Morgan fingerprint density at radius 2 is 1.21 bits per heavy atom. The van der Waals surface area contributed by atoms with E-state index in [0.29, 0.717) is 0 Å². The maximum atomic E-state index is 2.37. The molecule has 0 aliphatic carbocycles. The normalized spacial score (nSPS) is 10.9. The van der Waals surface area contributed by atoms with Crippen molar-refractivity contribution in [3.8, 4) is 0 Å². The molecule has 0 atom stereocenters. The molecule has 0 fully saturated rings. The topological polar surface area (TPSA) is 3.88 Å². The number of hydrogen-bond donors (Lipinski definition) is 0. The number of hydrogen-bond acceptors (Lipinski definition) is 0. The average Bonchev–Trinajstić information content (AvgIpc) is 2.68. The molecule has 1 nitrogen and oxygen atoms in total. The van der Waals surface area contributed by atoms with E-state index < -0.39 is 0 Å². The number of rotatable bonds is 15. The highest BCUT2D eigenvalue weighted by Crippen LogP contribution is 2.16. The zero-order chi connectivity index (χ0) is 19.2. The minimum Gasteiger partial charge on any atom is -1.00 e. The van der Waals surface area contributed by atoms with E-state index in [1.807, 2.05) is 0 Å². The largest absolute Gasteiger partial charge is 1.00 e. The second-order valence-electron chi connectivity index (χ2n) is 8.36. The van der Waals surface area contributed by atoms with Gasteiger partial charge < -0.3 is 12.4 Å². The lowest BCUT2D eigenvalue weighted by molar-refractivity contribution is -0.644. The number of aromatic nitrogens is 1. The smallest absolute Gasteiger partial charge is 0.212 e. The highest BCUT2D eigenvalue weighted by atomic mass is 35.5.